The molecule has 0 spiro atoms. The molecule has 10 heteroatoms. The summed E-state index contributed by atoms with van der Waals surface area (Å²) >= 11 is 5.29. The van der Waals surface area contributed by atoms with Gasteiger partial charge in [0.2, 0.25) is 0 Å². The van der Waals surface area contributed by atoms with Crippen molar-refractivity contribution in [3.8, 4) is 0 Å². The van der Waals surface area contributed by atoms with Gasteiger partial charge in [0, 0.05) is 0 Å². The van der Waals surface area contributed by atoms with Gasteiger partial charge in [0.15, 0.2) is 0 Å². The fraction of sp³-hybridized carbons (Fsp3) is 0.333. The number of nitrogens with zero attached hydrogens (tertiary/aromatic N) is 2. The van der Waals surface area contributed by atoms with Crippen molar-refractivity contribution in [2.45, 2.75) is 12.4 Å². The number of hydrogen-bond donors (Lipinski definition) is 5. The van der Waals surface area contributed by atoms with Crippen LogP contribution in [-0.4, -0.2) is 30.4 Å². The van der Waals surface area contributed by atoms with Crippen LogP contribution in [0.15, 0.2) is 9.59 Å². The first-order valence-electron chi connectivity index (χ1n) is 4.19. The van der Waals surface area contributed by atoms with Crippen molar-refractivity contribution in [3.63, 3.8) is 0 Å². The lowest BCUT2D eigenvalue weighted by molar-refractivity contribution is 0.916. The zero-order valence-electron chi connectivity index (χ0n) is 8.08. The highest BCUT2D eigenvalue weighted by Gasteiger charge is 1.91. The van der Waals surface area contributed by atoms with E-state index >= 15 is 0 Å². The normalized spacial score (nSPS) is 9.62. The van der Waals surface area contributed by atoms with Gasteiger partial charge in [-0.05, 0) is 0 Å². The third kappa shape index (κ3) is 3.71. The Bertz CT molecular complexity index is 475. The second kappa shape index (κ2) is 5.88. The zero-order valence-corrected chi connectivity index (χ0v) is 8.84. The molecule has 0 fully saturated rings. The van der Waals surface area contributed by atoms with Gasteiger partial charge in [0.05, 0.1) is 12.4 Å². The summed E-state index contributed by atoms with van der Waals surface area (Å²) in [5.41, 5.74) is 4.48. The Labute approximate surface area is 93.4 Å². The molecule has 2 aromatic rings. The summed E-state index contributed by atoms with van der Waals surface area (Å²) in [5, 5.41) is 11.4. The molecule has 2 heterocycles. The maximum atomic E-state index is 10.2. The highest BCUT2D eigenvalue weighted by atomic mass is 35.5. The number of nitrogens with one attached hydrogen (secondary N) is 4. The number of H-pyrrole nitrogens is 4. The van der Waals surface area contributed by atoms with Gasteiger partial charge in [-0.2, -0.15) is 10.2 Å². The second-order valence-electron chi connectivity index (χ2n) is 2.59. The number of alkyl halides is 1. The monoisotopic (exact) mass is 247 g/mol. The Morgan fingerprint density at radius 2 is 1.56 bits per heavy atom. The number of aromatic amines is 4. The van der Waals surface area contributed by atoms with Crippen molar-refractivity contribution >= 4 is 11.6 Å². The minimum atomic E-state index is -0.319. The van der Waals surface area contributed by atoms with Crippen LogP contribution in [0.5, 0.6) is 0 Å². The SMILES string of the molecule is NCc1n[nH]c(=O)[nH]1.O=c1[nH]nc(CCl)[nH]1. The Morgan fingerprint density at radius 3 is 1.75 bits per heavy atom. The van der Waals surface area contributed by atoms with Crippen molar-refractivity contribution in [2.24, 2.45) is 5.73 Å². The van der Waals surface area contributed by atoms with Crippen molar-refractivity contribution < 1.29 is 0 Å². The van der Waals surface area contributed by atoms with E-state index in [0.717, 1.165) is 0 Å². The molecule has 0 aliphatic rings. The first-order valence-corrected chi connectivity index (χ1v) is 4.72. The minimum Gasteiger partial charge on any atom is -0.324 e. The molecule has 0 saturated heterocycles. The third-order valence-electron chi connectivity index (χ3n) is 1.42. The molecule has 0 amide bonds. The predicted molar refractivity (Wildman–Crippen MR) is 55.9 cm³/mol. The fourth-order valence-corrected chi connectivity index (χ4v) is 0.897. The lowest BCUT2D eigenvalue weighted by Crippen LogP contribution is -2.03. The van der Waals surface area contributed by atoms with Crippen LogP contribution in [0, 0.1) is 0 Å². The first-order chi connectivity index (χ1) is 7.65. The van der Waals surface area contributed by atoms with E-state index < -0.39 is 0 Å². The van der Waals surface area contributed by atoms with Gasteiger partial charge in [-0.15, -0.1) is 11.6 Å². The summed E-state index contributed by atoms with van der Waals surface area (Å²) in [6.45, 7) is 0.263. The maximum Gasteiger partial charge on any atom is 0.340 e. The van der Waals surface area contributed by atoms with Gasteiger partial charge in [-0.1, -0.05) is 0 Å². The first kappa shape index (κ1) is 12.2. The van der Waals surface area contributed by atoms with Crippen LogP contribution in [-0.2, 0) is 12.4 Å². The fourth-order valence-electron chi connectivity index (χ4n) is 0.770. The maximum absolute atomic E-state index is 10.2. The lowest BCUT2D eigenvalue weighted by atomic mass is 10.6. The van der Waals surface area contributed by atoms with Gasteiger partial charge >= 0.3 is 11.4 Å². The smallest absolute Gasteiger partial charge is 0.324 e. The van der Waals surface area contributed by atoms with Gasteiger partial charge in [0.25, 0.3) is 0 Å². The summed E-state index contributed by atoms with van der Waals surface area (Å²) in [5.74, 6) is 1.19. The second-order valence-corrected chi connectivity index (χ2v) is 2.85. The van der Waals surface area contributed by atoms with E-state index in [1.165, 1.54) is 0 Å². The molecule has 0 aliphatic heterocycles. The van der Waals surface area contributed by atoms with E-state index in [-0.39, 0.29) is 23.8 Å². The topological polar surface area (TPSA) is 149 Å². The largest absolute Gasteiger partial charge is 0.340 e. The molecule has 88 valence electrons. The molecule has 16 heavy (non-hydrogen) atoms. The molecule has 9 nitrogen and oxygen atoms in total. The third-order valence-corrected chi connectivity index (χ3v) is 1.67. The van der Waals surface area contributed by atoms with Crippen LogP contribution in [0.1, 0.15) is 11.6 Å². The molecule has 0 unspecified atom stereocenters. The lowest BCUT2D eigenvalue weighted by Gasteiger charge is -1.77. The summed E-state index contributed by atoms with van der Waals surface area (Å²) in [4.78, 5) is 25.2. The standard InChI is InChI=1S/C3H4ClN3O.C3H6N4O/c2*4-1-2-5-3(8)7-6-2/h1H2,(H2,5,6,7,8);1,4H2,(H2,5,6,7,8). The van der Waals surface area contributed by atoms with Crippen LogP contribution < -0.4 is 17.1 Å². The summed E-state index contributed by atoms with van der Waals surface area (Å²) in [7, 11) is 0. The Balaban J connectivity index is 0.000000160. The van der Waals surface area contributed by atoms with E-state index in [2.05, 4.69) is 30.4 Å². The van der Waals surface area contributed by atoms with E-state index in [4.69, 9.17) is 17.3 Å². The molecule has 2 aromatic heterocycles. The molecule has 0 aromatic carbocycles. The van der Waals surface area contributed by atoms with Crippen molar-refractivity contribution in [1.82, 2.24) is 30.4 Å². The molecule has 2 rings (SSSR count). The Hall–Kier alpha value is -1.87. The number of rotatable bonds is 2. The van der Waals surface area contributed by atoms with Crippen LogP contribution in [0.25, 0.3) is 0 Å². The van der Waals surface area contributed by atoms with Crippen LogP contribution in [0.3, 0.4) is 0 Å². The van der Waals surface area contributed by atoms with Crippen LogP contribution >= 0.6 is 11.6 Å². The van der Waals surface area contributed by atoms with Gasteiger partial charge in [-0.3, -0.25) is 9.97 Å². The molecular formula is C6H10ClN7O2. The Kier molecular flexibility index (Phi) is 4.48. The summed E-state index contributed by atoms with van der Waals surface area (Å²) in [6, 6.07) is 0. The highest BCUT2D eigenvalue weighted by molar-refractivity contribution is 6.16. The van der Waals surface area contributed by atoms with Crippen LogP contribution in [0.4, 0.5) is 0 Å². The number of aromatic nitrogens is 6. The molecular weight excluding hydrogens is 238 g/mol. The van der Waals surface area contributed by atoms with Gasteiger partial charge in [-0.25, -0.2) is 19.8 Å². The average molecular weight is 248 g/mol. The van der Waals surface area contributed by atoms with Crippen molar-refractivity contribution in [3.05, 3.63) is 32.6 Å². The number of hydrogen-bond acceptors (Lipinski definition) is 5. The number of nitrogens with two attached hydrogens (primary N) is 1. The molecule has 6 N–H and O–H groups in total. The van der Waals surface area contributed by atoms with Gasteiger partial charge < -0.3 is 5.73 Å². The molecule has 0 aliphatic carbocycles. The number of halogens is 1. The highest BCUT2D eigenvalue weighted by Crippen LogP contribution is 1.86. The van der Waals surface area contributed by atoms with E-state index in [0.29, 0.717) is 11.6 Å². The minimum absolute atomic E-state index is 0.235. The van der Waals surface area contributed by atoms with E-state index in [1.807, 2.05) is 0 Å². The summed E-state index contributed by atoms with van der Waals surface area (Å²) in [6.07, 6.45) is 0. The Morgan fingerprint density at radius 1 is 1.06 bits per heavy atom. The molecule has 0 bridgehead atoms. The van der Waals surface area contributed by atoms with E-state index in [9.17, 15) is 9.59 Å². The summed E-state index contributed by atoms with van der Waals surface area (Å²) < 4.78 is 0. The quantitative estimate of drug-likeness (QED) is 0.405. The predicted octanol–water partition coefficient (Wildman–Crippen LogP) is -1.61. The van der Waals surface area contributed by atoms with Crippen molar-refractivity contribution in [2.75, 3.05) is 0 Å². The van der Waals surface area contributed by atoms with Gasteiger partial charge in [0.1, 0.15) is 11.6 Å². The average Bonchev–Trinajstić information content (AvgIpc) is 2.88. The molecule has 0 radical (unpaired) electrons. The van der Waals surface area contributed by atoms with Crippen LogP contribution in [0.2, 0.25) is 0 Å². The van der Waals surface area contributed by atoms with Crippen molar-refractivity contribution in [1.29, 1.82) is 0 Å². The van der Waals surface area contributed by atoms with E-state index in [1.54, 1.807) is 0 Å². The molecule has 0 atom stereocenters. The zero-order chi connectivity index (χ0) is 12.0. The molecule has 0 saturated carbocycles.